The van der Waals surface area contributed by atoms with Gasteiger partial charge in [-0.1, -0.05) is 13.8 Å². The highest BCUT2D eigenvalue weighted by Crippen LogP contribution is 2.26. The first-order valence-corrected chi connectivity index (χ1v) is 6.61. The summed E-state index contributed by atoms with van der Waals surface area (Å²) in [6.45, 7) is 6.61. The zero-order valence-electron chi connectivity index (χ0n) is 11.5. The van der Waals surface area contributed by atoms with Gasteiger partial charge in [0.15, 0.2) is 5.76 Å². The van der Waals surface area contributed by atoms with Crippen LogP contribution in [-0.2, 0) is 6.42 Å². The molecule has 1 aromatic heterocycles. The third-order valence-electron chi connectivity index (χ3n) is 3.62. The average molecular weight is 265 g/mol. The molecular formula is C14H19NO4. The first-order valence-electron chi connectivity index (χ1n) is 6.61. The van der Waals surface area contributed by atoms with E-state index in [1.807, 2.05) is 6.92 Å². The van der Waals surface area contributed by atoms with Gasteiger partial charge in [-0.25, -0.2) is 4.79 Å². The molecule has 2 rings (SSSR count). The van der Waals surface area contributed by atoms with E-state index in [2.05, 4.69) is 6.92 Å². The number of aromatic carboxylic acids is 1. The summed E-state index contributed by atoms with van der Waals surface area (Å²) in [6, 6.07) is 1.52. The minimum Gasteiger partial charge on any atom is -0.478 e. The number of hydrogen-bond acceptors (Lipinski definition) is 3. The van der Waals surface area contributed by atoms with E-state index >= 15 is 0 Å². The number of carboxylic acid groups (broad SMARTS) is 1. The first kappa shape index (κ1) is 13.6. The molecule has 1 aliphatic rings. The Balaban J connectivity index is 2.27. The summed E-state index contributed by atoms with van der Waals surface area (Å²) in [5, 5.41) is 9.07. The van der Waals surface area contributed by atoms with Gasteiger partial charge in [0.1, 0.15) is 11.3 Å². The fraction of sp³-hybridized carbons (Fsp3) is 0.571. The molecule has 1 saturated heterocycles. The number of carbonyl (C=O) groups is 2. The van der Waals surface area contributed by atoms with Gasteiger partial charge in [0.05, 0.1) is 0 Å². The molecule has 19 heavy (non-hydrogen) atoms. The maximum absolute atomic E-state index is 12.3. The van der Waals surface area contributed by atoms with Gasteiger partial charge in [-0.3, -0.25) is 4.79 Å². The van der Waals surface area contributed by atoms with Gasteiger partial charge < -0.3 is 14.4 Å². The van der Waals surface area contributed by atoms with Crippen molar-refractivity contribution in [1.29, 1.82) is 0 Å². The van der Waals surface area contributed by atoms with Crippen LogP contribution in [0.2, 0.25) is 0 Å². The molecule has 1 fully saturated rings. The lowest BCUT2D eigenvalue weighted by Crippen LogP contribution is -2.33. The molecule has 1 aliphatic heterocycles. The molecule has 0 radical (unpaired) electrons. The number of amides is 1. The molecule has 5 heteroatoms. The second-order valence-corrected chi connectivity index (χ2v) is 5.25. The largest absolute Gasteiger partial charge is 0.478 e. The summed E-state index contributed by atoms with van der Waals surface area (Å²) in [4.78, 5) is 25.2. The first-order chi connectivity index (χ1) is 8.93. The van der Waals surface area contributed by atoms with Gasteiger partial charge in [0, 0.05) is 25.1 Å². The number of likely N-dealkylation sites (tertiary alicyclic amines) is 1. The molecule has 1 N–H and O–H groups in total. The van der Waals surface area contributed by atoms with Crippen molar-refractivity contribution in [3.05, 3.63) is 23.2 Å². The highest BCUT2D eigenvalue weighted by atomic mass is 16.4. The van der Waals surface area contributed by atoms with Crippen LogP contribution < -0.4 is 0 Å². The molecule has 0 spiro atoms. The summed E-state index contributed by atoms with van der Waals surface area (Å²) in [5.74, 6) is -0.300. The zero-order valence-corrected chi connectivity index (χ0v) is 11.5. The van der Waals surface area contributed by atoms with Crippen LogP contribution >= 0.6 is 0 Å². The van der Waals surface area contributed by atoms with Crippen molar-refractivity contribution < 1.29 is 19.1 Å². The number of carboxylic acids is 1. The van der Waals surface area contributed by atoms with Gasteiger partial charge >= 0.3 is 5.97 Å². The quantitative estimate of drug-likeness (QED) is 0.911. The van der Waals surface area contributed by atoms with Crippen molar-refractivity contribution in [2.75, 3.05) is 6.54 Å². The van der Waals surface area contributed by atoms with Crippen molar-refractivity contribution >= 4 is 11.9 Å². The van der Waals surface area contributed by atoms with Crippen LogP contribution in [0.4, 0.5) is 0 Å². The van der Waals surface area contributed by atoms with Crippen molar-refractivity contribution in [2.24, 2.45) is 5.92 Å². The monoisotopic (exact) mass is 265 g/mol. The van der Waals surface area contributed by atoms with E-state index in [1.165, 1.54) is 6.07 Å². The summed E-state index contributed by atoms with van der Waals surface area (Å²) in [7, 11) is 0. The van der Waals surface area contributed by atoms with Gasteiger partial charge in [-0.2, -0.15) is 0 Å². The Kier molecular flexibility index (Phi) is 3.64. The number of furan rings is 1. The van der Waals surface area contributed by atoms with Crippen molar-refractivity contribution in [2.45, 2.75) is 39.7 Å². The Labute approximate surface area is 112 Å². The maximum Gasteiger partial charge on any atom is 0.339 e. The van der Waals surface area contributed by atoms with Gasteiger partial charge in [-0.05, 0) is 19.3 Å². The van der Waals surface area contributed by atoms with Crippen LogP contribution in [0.5, 0.6) is 0 Å². The number of rotatable bonds is 3. The van der Waals surface area contributed by atoms with E-state index < -0.39 is 5.97 Å². The molecule has 1 amide bonds. The summed E-state index contributed by atoms with van der Waals surface area (Å²) in [5.41, 5.74) is 0.0887. The van der Waals surface area contributed by atoms with Crippen molar-refractivity contribution in [3.63, 3.8) is 0 Å². The SMILES string of the molecule is CCc1oc(C(=O)N2CC(C)CC2C)cc1C(=O)O. The van der Waals surface area contributed by atoms with E-state index in [1.54, 1.807) is 11.8 Å². The van der Waals surface area contributed by atoms with Crippen LogP contribution in [0.1, 0.15) is 53.9 Å². The molecule has 5 nitrogen and oxygen atoms in total. The lowest BCUT2D eigenvalue weighted by atomic mass is 10.1. The highest BCUT2D eigenvalue weighted by Gasteiger charge is 2.33. The Morgan fingerprint density at radius 1 is 1.47 bits per heavy atom. The summed E-state index contributed by atoms with van der Waals surface area (Å²) < 4.78 is 5.41. The number of nitrogens with zero attached hydrogens (tertiary/aromatic N) is 1. The Morgan fingerprint density at radius 2 is 2.16 bits per heavy atom. The van der Waals surface area contributed by atoms with E-state index in [4.69, 9.17) is 9.52 Å². The number of hydrogen-bond donors (Lipinski definition) is 1. The smallest absolute Gasteiger partial charge is 0.339 e. The molecule has 0 saturated carbocycles. The van der Waals surface area contributed by atoms with Gasteiger partial charge in [0.25, 0.3) is 5.91 Å². The third kappa shape index (κ3) is 2.50. The highest BCUT2D eigenvalue weighted by molar-refractivity contribution is 5.96. The predicted octanol–water partition coefficient (Wildman–Crippen LogP) is 2.41. The second-order valence-electron chi connectivity index (χ2n) is 5.25. The minimum atomic E-state index is -1.05. The van der Waals surface area contributed by atoms with E-state index in [0.717, 1.165) is 6.42 Å². The van der Waals surface area contributed by atoms with Crippen LogP contribution in [-0.4, -0.2) is 34.5 Å². The van der Waals surface area contributed by atoms with E-state index in [-0.39, 0.29) is 23.3 Å². The lowest BCUT2D eigenvalue weighted by Gasteiger charge is -2.19. The summed E-state index contributed by atoms with van der Waals surface area (Å²) >= 11 is 0. The molecule has 2 atom stereocenters. The molecule has 1 aromatic rings. The van der Waals surface area contributed by atoms with Crippen LogP contribution in [0.25, 0.3) is 0 Å². The molecule has 2 heterocycles. The normalized spacial score (nSPS) is 22.8. The molecule has 0 aromatic carbocycles. The third-order valence-corrected chi connectivity index (χ3v) is 3.62. The van der Waals surface area contributed by atoms with Crippen LogP contribution in [0.15, 0.2) is 10.5 Å². The molecular weight excluding hydrogens is 246 g/mol. The van der Waals surface area contributed by atoms with Crippen molar-refractivity contribution in [3.8, 4) is 0 Å². The average Bonchev–Trinajstić information content (AvgIpc) is 2.91. The van der Waals surface area contributed by atoms with E-state index in [9.17, 15) is 9.59 Å². The Morgan fingerprint density at radius 3 is 2.58 bits per heavy atom. The van der Waals surface area contributed by atoms with Crippen LogP contribution in [0, 0.1) is 5.92 Å². The van der Waals surface area contributed by atoms with Crippen LogP contribution in [0.3, 0.4) is 0 Å². The Bertz CT molecular complexity index is 506. The predicted molar refractivity (Wildman–Crippen MR) is 69.3 cm³/mol. The maximum atomic E-state index is 12.3. The number of carbonyl (C=O) groups excluding carboxylic acids is 1. The lowest BCUT2D eigenvalue weighted by molar-refractivity contribution is 0.0689. The second kappa shape index (κ2) is 5.07. The van der Waals surface area contributed by atoms with Gasteiger partial charge in [-0.15, -0.1) is 0 Å². The minimum absolute atomic E-state index is 0.0887. The zero-order chi connectivity index (χ0) is 14.2. The Hall–Kier alpha value is -1.78. The van der Waals surface area contributed by atoms with Gasteiger partial charge in [0.2, 0.25) is 0 Å². The fourth-order valence-electron chi connectivity index (χ4n) is 2.70. The van der Waals surface area contributed by atoms with Crippen molar-refractivity contribution in [1.82, 2.24) is 4.90 Å². The fourth-order valence-corrected chi connectivity index (χ4v) is 2.70. The van der Waals surface area contributed by atoms with E-state index in [0.29, 0.717) is 24.6 Å². The number of aryl methyl sites for hydroxylation is 1. The molecule has 0 bridgehead atoms. The summed E-state index contributed by atoms with van der Waals surface area (Å²) in [6.07, 6.45) is 1.43. The standard InChI is InChI=1S/C14H19NO4/c1-4-11-10(14(17)18)6-12(19-11)13(16)15-7-8(2)5-9(15)3/h6,8-9H,4-5,7H2,1-3H3,(H,17,18). The molecule has 0 aliphatic carbocycles. The topological polar surface area (TPSA) is 70.8 Å². The molecule has 2 unspecified atom stereocenters. The molecule has 104 valence electrons.